The van der Waals surface area contributed by atoms with Gasteiger partial charge >= 0.3 is 11.9 Å². The largest absolute Gasteiger partial charge is 0.473 e. The highest BCUT2D eigenvalue weighted by atomic mass is 17.0. The molecule has 1 N–H and O–H groups in total. The molecular formula is C14H24O4. The molecule has 104 valence electrons. The zero-order valence-corrected chi connectivity index (χ0v) is 11.2. The van der Waals surface area contributed by atoms with Gasteiger partial charge in [-0.05, 0) is 26.2 Å². The quantitative estimate of drug-likeness (QED) is 0.355. The van der Waals surface area contributed by atoms with Crippen LogP contribution < -0.4 is 4.74 Å². The van der Waals surface area contributed by atoms with E-state index in [4.69, 9.17) is 9.84 Å². The van der Waals surface area contributed by atoms with Crippen molar-refractivity contribution in [3.05, 3.63) is 12.2 Å². The lowest BCUT2D eigenvalue weighted by Gasteiger charge is -2.05. The molecule has 18 heavy (non-hydrogen) atoms. The minimum Gasteiger partial charge on any atom is -0.473 e. The SMILES string of the molecule is C/C=C/CCCCCCCCCOc1ooc1O. The van der Waals surface area contributed by atoms with Gasteiger partial charge in [-0.2, -0.15) is 0 Å². The molecule has 0 radical (unpaired) electrons. The fourth-order valence-corrected chi connectivity index (χ4v) is 1.78. The average molecular weight is 256 g/mol. The van der Waals surface area contributed by atoms with Crippen LogP contribution in [0.3, 0.4) is 0 Å². The highest BCUT2D eigenvalue weighted by molar-refractivity contribution is 5.14. The van der Waals surface area contributed by atoms with Crippen LogP contribution in [-0.2, 0) is 0 Å². The van der Waals surface area contributed by atoms with E-state index in [-0.39, 0.29) is 11.9 Å². The minimum atomic E-state index is -0.254. The minimum absolute atomic E-state index is 0.110. The summed E-state index contributed by atoms with van der Waals surface area (Å²) in [4.78, 5) is 0. The number of ether oxygens (including phenoxy) is 1. The van der Waals surface area contributed by atoms with E-state index in [1.165, 1.54) is 38.5 Å². The molecule has 4 nitrogen and oxygen atoms in total. The highest BCUT2D eigenvalue weighted by Crippen LogP contribution is 2.30. The van der Waals surface area contributed by atoms with Gasteiger partial charge in [0.25, 0.3) is 0 Å². The smallest absolute Gasteiger partial charge is 0.417 e. The third-order valence-corrected chi connectivity index (χ3v) is 2.85. The molecule has 0 aromatic carbocycles. The lowest BCUT2D eigenvalue weighted by atomic mass is 10.1. The first kappa shape index (κ1) is 14.7. The Kier molecular flexibility index (Phi) is 7.93. The van der Waals surface area contributed by atoms with Crippen LogP contribution >= 0.6 is 0 Å². The summed E-state index contributed by atoms with van der Waals surface area (Å²) in [5.41, 5.74) is 0. The van der Waals surface area contributed by atoms with Crippen LogP contribution in [0.4, 0.5) is 0 Å². The Labute approximate surface area is 109 Å². The van der Waals surface area contributed by atoms with Gasteiger partial charge in [0.2, 0.25) is 0 Å². The molecule has 0 atom stereocenters. The molecule has 0 aliphatic carbocycles. The zero-order valence-electron chi connectivity index (χ0n) is 11.2. The average Bonchev–Trinajstić information content (AvgIpc) is 2.38. The van der Waals surface area contributed by atoms with Crippen molar-refractivity contribution in [2.75, 3.05) is 6.61 Å². The second-order valence-corrected chi connectivity index (χ2v) is 4.44. The Hall–Kier alpha value is -1.32. The number of aromatic hydroxyl groups is 1. The summed E-state index contributed by atoms with van der Waals surface area (Å²) in [6.45, 7) is 2.64. The Morgan fingerprint density at radius 3 is 2.22 bits per heavy atom. The predicted molar refractivity (Wildman–Crippen MR) is 69.9 cm³/mol. The molecule has 0 saturated heterocycles. The molecule has 0 bridgehead atoms. The van der Waals surface area contributed by atoms with E-state index >= 15 is 0 Å². The number of hydrogen-bond acceptors (Lipinski definition) is 4. The molecular weight excluding hydrogens is 232 g/mol. The van der Waals surface area contributed by atoms with E-state index < -0.39 is 0 Å². The maximum Gasteiger partial charge on any atom is 0.417 e. The Morgan fingerprint density at radius 1 is 1.00 bits per heavy atom. The van der Waals surface area contributed by atoms with Crippen molar-refractivity contribution in [1.82, 2.24) is 0 Å². The summed E-state index contributed by atoms with van der Waals surface area (Å²) in [6, 6.07) is 0. The number of unbranched alkanes of at least 4 members (excludes halogenated alkanes) is 7. The maximum atomic E-state index is 8.87. The summed E-state index contributed by atoms with van der Waals surface area (Å²) in [5, 5.41) is 8.87. The Morgan fingerprint density at radius 2 is 1.67 bits per heavy atom. The maximum absolute atomic E-state index is 8.87. The van der Waals surface area contributed by atoms with Gasteiger partial charge in [0.1, 0.15) is 0 Å². The first-order valence-electron chi connectivity index (χ1n) is 6.86. The topological polar surface area (TPSA) is 55.7 Å². The standard InChI is InChI=1S/C14H24O4/c1-2-3-4-5-6-7-8-9-10-11-12-16-14-13(15)17-18-14/h2-3,15H,4-12H2,1H3/b3-2+. The van der Waals surface area contributed by atoms with E-state index in [0.717, 1.165) is 12.8 Å². The molecule has 0 unspecified atom stereocenters. The van der Waals surface area contributed by atoms with Crippen LogP contribution in [0.15, 0.2) is 21.3 Å². The Balaban J connectivity index is 1.75. The molecule has 0 aliphatic heterocycles. The van der Waals surface area contributed by atoms with E-state index in [2.05, 4.69) is 28.2 Å². The van der Waals surface area contributed by atoms with Crippen LogP contribution in [-0.4, -0.2) is 11.7 Å². The summed E-state index contributed by atoms with van der Waals surface area (Å²) in [7, 11) is 0. The van der Waals surface area contributed by atoms with Crippen LogP contribution in [0.2, 0.25) is 0 Å². The molecule has 1 aromatic rings. The third kappa shape index (κ3) is 6.42. The van der Waals surface area contributed by atoms with Gasteiger partial charge in [-0.3, -0.25) is 0 Å². The first-order valence-corrected chi connectivity index (χ1v) is 6.86. The van der Waals surface area contributed by atoms with Crippen molar-refractivity contribution in [3.8, 4) is 11.9 Å². The second-order valence-electron chi connectivity index (χ2n) is 4.44. The fraction of sp³-hybridized carbons (Fsp3) is 0.714. The van der Waals surface area contributed by atoms with Crippen molar-refractivity contribution in [2.24, 2.45) is 0 Å². The summed E-state index contributed by atoms with van der Waals surface area (Å²) in [6.07, 6.45) is 14.2. The molecule has 0 spiro atoms. The van der Waals surface area contributed by atoms with E-state index in [1.54, 1.807) is 0 Å². The van der Waals surface area contributed by atoms with E-state index in [0.29, 0.717) is 6.61 Å². The van der Waals surface area contributed by atoms with Crippen LogP contribution in [0.25, 0.3) is 0 Å². The lowest BCUT2D eigenvalue weighted by Crippen LogP contribution is -1.98. The summed E-state index contributed by atoms with van der Waals surface area (Å²) >= 11 is 0. The lowest BCUT2D eigenvalue weighted by molar-refractivity contribution is -0.0761. The number of hydrogen-bond donors (Lipinski definition) is 1. The van der Waals surface area contributed by atoms with Crippen LogP contribution in [0.1, 0.15) is 58.3 Å². The summed E-state index contributed by atoms with van der Waals surface area (Å²) in [5.74, 6) is -0.143. The molecule has 4 heteroatoms. The van der Waals surface area contributed by atoms with Gasteiger partial charge in [0.15, 0.2) is 0 Å². The van der Waals surface area contributed by atoms with Crippen molar-refractivity contribution < 1.29 is 19.0 Å². The van der Waals surface area contributed by atoms with E-state index in [1.807, 2.05) is 0 Å². The van der Waals surface area contributed by atoms with Crippen molar-refractivity contribution in [2.45, 2.75) is 58.3 Å². The van der Waals surface area contributed by atoms with Gasteiger partial charge in [0, 0.05) is 0 Å². The zero-order chi connectivity index (χ0) is 13.1. The van der Waals surface area contributed by atoms with Gasteiger partial charge in [-0.15, -0.1) is 0 Å². The van der Waals surface area contributed by atoms with Gasteiger partial charge in [0.05, 0.1) is 6.61 Å². The molecule has 0 aliphatic rings. The van der Waals surface area contributed by atoms with Gasteiger partial charge < -0.3 is 9.84 Å². The fourth-order valence-electron chi connectivity index (χ4n) is 1.78. The van der Waals surface area contributed by atoms with Crippen molar-refractivity contribution >= 4 is 0 Å². The normalized spacial score (nSPS) is 11.4. The number of rotatable bonds is 11. The van der Waals surface area contributed by atoms with Crippen LogP contribution in [0.5, 0.6) is 11.9 Å². The molecule has 0 saturated carbocycles. The van der Waals surface area contributed by atoms with Crippen molar-refractivity contribution in [1.29, 1.82) is 0 Å². The highest BCUT2D eigenvalue weighted by Gasteiger charge is 2.13. The molecule has 1 heterocycles. The molecule has 1 rings (SSSR count). The molecule has 1 aromatic heterocycles. The first-order chi connectivity index (χ1) is 8.84. The van der Waals surface area contributed by atoms with Gasteiger partial charge in [-0.25, -0.2) is 9.15 Å². The Bertz CT molecular complexity index is 311. The molecule has 0 amide bonds. The molecule has 0 fully saturated rings. The number of allylic oxidation sites excluding steroid dienone is 2. The summed E-state index contributed by atoms with van der Waals surface area (Å²) < 4.78 is 13.8. The second kappa shape index (κ2) is 9.68. The third-order valence-electron chi connectivity index (χ3n) is 2.85. The van der Waals surface area contributed by atoms with Gasteiger partial charge in [-0.1, -0.05) is 44.3 Å². The predicted octanol–water partition coefficient (Wildman–Crippen LogP) is 4.65. The van der Waals surface area contributed by atoms with E-state index in [9.17, 15) is 0 Å². The monoisotopic (exact) mass is 256 g/mol. The van der Waals surface area contributed by atoms with Crippen LogP contribution in [0, 0.1) is 0 Å². The van der Waals surface area contributed by atoms with Crippen molar-refractivity contribution in [3.63, 3.8) is 0 Å².